The lowest BCUT2D eigenvalue weighted by Gasteiger charge is -2.20. The number of carbonyl (C=O) groups is 1. The van der Waals surface area contributed by atoms with Gasteiger partial charge in [0.15, 0.2) is 0 Å². The minimum Gasteiger partial charge on any atom is -0.481 e. The SMILES string of the molecule is O=C(O)C1CN(CCC(F)(F)F)c2ccccc21. The van der Waals surface area contributed by atoms with Gasteiger partial charge in [0, 0.05) is 18.8 Å². The van der Waals surface area contributed by atoms with Gasteiger partial charge in [-0.2, -0.15) is 13.2 Å². The zero-order valence-electron chi connectivity index (χ0n) is 9.44. The Balaban J connectivity index is 2.18. The molecular formula is C12H12F3NO2. The molecule has 1 atom stereocenters. The quantitative estimate of drug-likeness (QED) is 0.907. The van der Waals surface area contributed by atoms with Gasteiger partial charge in [-0.05, 0) is 11.6 Å². The molecule has 3 nitrogen and oxygen atoms in total. The van der Waals surface area contributed by atoms with Gasteiger partial charge in [0.05, 0.1) is 6.42 Å². The number of anilines is 1. The number of alkyl halides is 3. The lowest BCUT2D eigenvalue weighted by atomic mass is 10.0. The van der Waals surface area contributed by atoms with E-state index in [9.17, 15) is 18.0 Å². The number of para-hydroxylation sites is 1. The van der Waals surface area contributed by atoms with Gasteiger partial charge in [0.2, 0.25) is 0 Å². The predicted octanol–water partition coefficient (Wildman–Crippen LogP) is 2.63. The van der Waals surface area contributed by atoms with Crippen LogP contribution in [0.25, 0.3) is 0 Å². The molecule has 1 aromatic rings. The van der Waals surface area contributed by atoms with Gasteiger partial charge in [0.25, 0.3) is 0 Å². The van der Waals surface area contributed by atoms with Crippen LogP contribution in [0.3, 0.4) is 0 Å². The third kappa shape index (κ3) is 2.57. The first kappa shape index (κ1) is 12.7. The van der Waals surface area contributed by atoms with E-state index in [0.717, 1.165) is 0 Å². The van der Waals surface area contributed by atoms with E-state index in [-0.39, 0.29) is 13.1 Å². The summed E-state index contributed by atoms with van der Waals surface area (Å²) < 4.78 is 36.6. The van der Waals surface area contributed by atoms with Crippen LogP contribution in [0.1, 0.15) is 17.9 Å². The maximum absolute atomic E-state index is 12.2. The Morgan fingerprint density at radius 3 is 2.67 bits per heavy atom. The van der Waals surface area contributed by atoms with Crippen molar-refractivity contribution in [2.45, 2.75) is 18.5 Å². The number of hydrogen-bond donors (Lipinski definition) is 1. The number of hydrogen-bond acceptors (Lipinski definition) is 2. The molecule has 0 amide bonds. The first-order valence-electron chi connectivity index (χ1n) is 5.52. The van der Waals surface area contributed by atoms with Crippen molar-refractivity contribution in [1.82, 2.24) is 0 Å². The van der Waals surface area contributed by atoms with E-state index in [1.165, 1.54) is 4.90 Å². The third-order valence-electron chi connectivity index (χ3n) is 3.02. The Morgan fingerprint density at radius 2 is 2.06 bits per heavy atom. The van der Waals surface area contributed by atoms with Crippen LogP contribution < -0.4 is 4.90 Å². The van der Waals surface area contributed by atoms with Crippen LogP contribution in [-0.2, 0) is 4.79 Å². The molecule has 0 saturated heterocycles. The van der Waals surface area contributed by atoms with Crippen molar-refractivity contribution in [2.75, 3.05) is 18.0 Å². The minimum atomic E-state index is -4.23. The van der Waals surface area contributed by atoms with E-state index in [0.29, 0.717) is 11.3 Å². The van der Waals surface area contributed by atoms with Crippen molar-refractivity contribution in [3.63, 3.8) is 0 Å². The van der Waals surface area contributed by atoms with E-state index in [2.05, 4.69) is 0 Å². The second-order valence-electron chi connectivity index (χ2n) is 4.26. The number of nitrogens with zero attached hydrogens (tertiary/aromatic N) is 1. The molecule has 1 N–H and O–H groups in total. The number of benzene rings is 1. The van der Waals surface area contributed by atoms with Gasteiger partial charge < -0.3 is 10.0 Å². The van der Waals surface area contributed by atoms with Crippen LogP contribution in [0.5, 0.6) is 0 Å². The van der Waals surface area contributed by atoms with Crippen molar-refractivity contribution < 1.29 is 23.1 Å². The Kier molecular flexibility index (Phi) is 3.19. The molecule has 1 heterocycles. The normalized spacial score (nSPS) is 18.8. The maximum atomic E-state index is 12.2. The number of carboxylic acid groups (broad SMARTS) is 1. The molecule has 0 bridgehead atoms. The maximum Gasteiger partial charge on any atom is 0.390 e. The average Bonchev–Trinajstić information content (AvgIpc) is 2.64. The molecule has 0 radical (unpaired) electrons. The molecule has 1 unspecified atom stereocenters. The van der Waals surface area contributed by atoms with Gasteiger partial charge >= 0.3 is 12.1 Å². The second kappa shape index (κ2) is 4.51. The van der Waals surface area contributed by atoms with Crippen molar-refractivity contribution in [2.24, 2.45) is 0 Å². The zero-order valence-corrected chi connectivity index (χ0v) is 9.44. The molecular weight excluding hydrogens is 247 g/mol. The first-order chi connectivity index (χ1) is 8.38. The summed E-state index contributed by atoms with van der Waals surface area (Å²) in [5.74, 6) is -1.74. The molecule has 0 saturated carbocycles. The predicted molar refractivity (Wildman–Crippen MR) is 59.7 cm³/mol. The van der Waals surface area contributed by atoms with E-state index in [4.69, 9.17) is 5.11 Å². The smallest absolute Gasteiger partial charge is 0.390 e. The number of carboxylic acids is 1. The monoisotopic (exact) mass is 259 g/mol. The highest BCUT2D eigenvalue weighted by atomic mass is 19.4. The van der Waals surface area contributed by atoms with Crippen molar-refractivity contribution in [3.05, 3.63) is 29.8 Å². The van der Waals surface area contributed by atoms with Crippen molar-refractivity contribution in [3.8, 4) is 0 Å². The molecule has 1 aliphatic rings. The number of fused-ring (bicyclic) bond motifs is 1. The summed E-state index contributed by atoms with van der Waals surface area (Å²) in [5, 5.41) is 9.06. The van der Waals surface area contributed by atoms with E-state index in [1.807, 2.05) is 0 Å². The second-order valence-corrected chi connectivity index (χ2v) is 4.26. The Morgan fingerprint density at radius 1 is 1.39 bits per heavy atom. The molecule has 1 aliphatic heterocycles. The van der Waals surface area contributed by atoms with Crippen molar-refractivity contribution >= 4 is 11.7 Å². The Bertz CT molecular complexity index is 459. The fraction of sp³-hybridized carbons (Fsp3) is 0.417. The molecule has 0 aromatic heterocycles. The van der Waals surface area contributed by atoms with E-state index < -0.39 is 24.5 Å². The zero-order chi connectivity index (χ0) is 13.3. The van der Waals surface area contributed by atoms with Crippen LogP contribution in [0, 0.1) is 0 Å². The van der Waals surface area contributed by atoms with Crippen LogP contribution in [0.15, 0.2) is 24.3 Å². The third-order valence-corrected chi connectivity index (χ3v) is 3.02. The Hall–Kier alpha value is -1.72. The fourth-order valence-corrected chi connectivity index (χ4v) is 2.17. The summed E-state index contributed by atoms with van der Waals surface area (Å²) in [5.41, 5.74) is 1.18. The largest absolute Gasteiger partial charge is 0.481 e. The fourth-order valence-electron chi connectivity index (χ4n) is 2.17. The summed E-state index contributed by atoms with van der Waals surface area (Å²) in [7, 11) is 0. The molecule has 98 valence electrons. The van der Waals surface area contributed by atoms with E-state index >= 15 is 0 Å². The van der Waals surface area contributed by atoms with Crippen LogP contribution in [0.2, 0.25) is 0 Å². The molecule has 0 fully saturated rings. The van der Waals surface area contributed by atoms with Gasteiger partial charge in [0.1, 0.15) is 5.92 Å². The molecule has 2 rings (SSSR count). The van der Waals surface area contributed by atoms with Gasteiger partial charge in [-0.3, -0.25) is 4.79 Å². The highest BCUT2D eigenvalue weighted by molar-refractivity contribution is 5.82. The van der Waals surface area contributed by atoms with Gasteiger partial charge in [-0.25, -0.2) is 0 Å². The highest BCUT2D eigenvalue weighted by Gasteiger charge is 2.35. The Labute approximate surface area is 102 Å². The standard InChI is InChI=1S/C12H12F3NO2/c13-12(14,15)5-6-16-7-9(11(17)18)8-3-1-2-4-10(8)16/h1-4,9H,5-7H2,(H,17,18). The molecule has 1 aromatic carbocycles. The lowest BCUT2D eigenvalue weighted by molar-refractivity contribution is -0.138. The summed E-state index contributed by atoms with van der Waals surface area (Å²) >= 11 is 0. The molecule has 0 spiro atoms. The van der Waals surface area contributed by atoms with Crippen LogP contribution in [0.4, 0.5) is 18.9 Å². The number of rotatable bonds is 3. The average molecular weight is 259 g/mol. The van der Waals surface area contributed by atoms with E-state index in [1.54, 1.807) is 24.3 Å². The molecule has 18 heavy (non-hydrogen) atoms. The molecule has 6 heteroatoms. The van der Waals surface area contributed by atoms with Gasteiger partial charge in [-0.1, -0.05) is 18.2 Å². The lowest BCUT2D eigenvalue weighted by Crippen LogP contribution is -2.28. The summed E-state index contributed by atoms with van der Waals surface area (Å²) in [6.45, 7) is -0.102. The van der Waals surface area contributed by atoms with Gasteiger partial charge in [-0.15, -0.1) is 0 Å². The van der Waals surface area contributed by atoms with Crippen molar-refractivity contribution in [1.29, 1.82) is 0 Å². The first-order valence-corrected chi connectivity index (χ1v) is 5.52. The number of aliphatic carboxylic acids is 1. The highest BCUT2D eigenvalue weighted by Crippen LogP contribution is 2.37. The molecule has 0 aliphatic carbocycles. The van der Waals surface area contributed by atoms with Crippen LogP contribution >= 0.6 is 0 Å². The summed E-state index contributed by atoms with van der Waals surface area (Å²) in [6, 6.07) is 6.71. The minimum absolute atomic E-state index is 0.102. The van der Waals surface area contributed by atoms with Crippen LogP contribution in [-0.4, -0.2) is 30.3 Å². The summed E-state index contributed by atoms with van der Waals surface area (Å²) in [6.07, 6.45) is -5.16. The topological polar surface area (TPSA) is 40.5 Å². The number of halogens is 3. The summed E-state index contributed by atoms with van der Waals surface area (Å²) in [4.78, 5) is 12.5.